The topological polar surface area (TPSA) is 61.0 Å². The molecule has 0 spiro atoms. The van der Waals surface area contributed by atoms with Crippen LogP contribution in [0, 0.1) is 15.9 Å². The molecule has 2 heterocycles. The fraction of sp³-hybridized carbons (Fsp3) is 0. The van der Waals surface area contributed by atoms with Gasteiger partial charge in [0, 0.05) is 6.20 Å². The molecule has 72 valence electrons. The summed E-state index contributed by atoms with van der Waals surface area (Å²) in [6.45, 7) is 0. The maximum atomic E-state index is 13.2. The summed E-state index contributed by atoms with van der Waals surface area (Å²) >= 11 is 3.00. The molecule has 0 aliphatic rings. The summed E-state index contributed by atoms with van der Waals surface area (Å²) in [5.41, 5.74) is -0.112. The van der Waals surface area contributed by atoms with Gasteiger partial charge in [-0.3, -0.25) is 13.7 Å². The van der Waals surface area contributed by atoms with E-state index < -0.39 is 10.7 Å². The van der Waals surface area contributed by atoms with Crippen LogP contribution >= 0.6 is 16.1 Å². The molecule has 5 nitrogen and oxygen atoms in total. The highest BCUT2D eigenvalue weighted by Crippen LogP contribution is 2.29. The molecule has 0 bridgehead atoms. The number of hydrogen-bond acceptors (Lipinski definition) is 3. The molecular formula is C7H3BrFN3O2. The number of aromatic nitrogens is 2. The van der Waals surface area contributed by atoms with Gasteiger partial charge in [0.1, 0.15) is 11.2 Å². The Labute approximate surface area is 85.6 Å². The average Bonchev–Trinajstić information content (AvgIpc) is 2.46. The van der Waals surface area contributed by atoms with Crippen molar-refractivity contribution in [3.63, 3.8) is 0 Å². The number of halogens is 2. The van der Waals surface area contributed by atoms with Gasteiger partial charge in [0.05, 0.1) is 27.3 Å². The predicted molar refractivity (Wildman–Crippen MR) is 50.7 cm³/mol. The van der Waals surface area contributed by atoms with E-state index in [2.05, 4.69) is 21.1 Å². The molecule has 2 rings (SSSR count). The largest absolute Gasteiger partial charge is 0.300 e. The molecule has 0 radical (unpaired) electrons. The van der Waals surface area contributed by atoms with E-state index in [1.54, 1.807) is 0 Å². The van der Waals surface area contributed by atoms with Gasteiger partial charge in [0.2, 0.25) is 0 Å². The number of pyridine rings is 1. The van der Waals surface area contributed by atoms with E-state index in [9.17, 15) is 14.5 Å². The van der Waals surface area contributed by atoms with Crippen LogP contribution in [0.15, 0.2) is 18.5 Å². The number of fused-ring (bicyclic) bond motifs is 1. The molecule has 0 aliphatic heterocycles. The van der Waals surface area contributed by atoms with Crippen molar-refractivity contribution in [1.29, 1.82) is 0 Å². The first kappa shape index (κ1) is 9.07. The minimum Gasteiger partial charge on any atom is -0.260 e. The summed E-state index contributed by atoms with van der Waals surface area (Å²) in [6, 6.07) is 1.09. The van der Waals surface area contributed by atoms with Gasteiger partial charge >= 0.3 is 0 Å². The third-order valence-corrected chi connectivity index (χ3v) is 2.31. The minimum absolute atomic E-state index is 0.0885. The SMILES string of the molecule is O=[N+]([O-])c1cn(Br)c2nccc(F)c12. The first-order valence-corrected chi connectivity index (χ1v) is 4.28. The van der Waals surface area contributed by atoms with E-state index >= 15 is 0 Å². The normalized spacial score (nSPS) is 10.7. The van der Waals surface area contributed by atoms with Crippen molar-refractivity contribution in [2.75, 3.05) is 0 Å². The molecule has 0 fully saturated rings. The fourth-order valence-corrected chi connectivity index (χ4v) is 1.66. The molecule has 0 saturated carbocycles. The lowest BCUT2D eigenvalue weighted by Gasteiger charge is -1.91. The molecule has 0 saturated heterocycles. The van der Waals surface area contributed by atoms with Gasteiger partial charge in [-0.1, -0.05) is 0 Å². The number of rotatable bonds is 1. The summed E-state index contributed by atoms with van der Waals surface area (Å²) in [5.74, 6) is -0.653. The van der Waals surface area contributed by atoms with Gasteiger partial charge in [0.15, 0.2) is 5.65 Å². The lowest BCUT2D eigenvalue weighted by Crippen LogP contribution is -1.87. The summed E-state index contributed by atoms with van der Waals surface area (Å²) < 4.78 is 14.5. The van der Waals surface area contributed by atoms with E-state index in [0.29, 0.717) is 0 Å². The molecule has 0 aromatic carbocycles. The van der Waals surface area contributed by atoms with Crippen molar-refractivity contribution < 1.29 is 9.31 Å². The first-order chi connectivity index (χ1) is 6.61. The van der Waals surface area contributed by atoms with Gasteiger partial charge in [-0.15, -0.1) is 0 Å². The van der Waals surface area contributed by atoms with E-state index in [1.165, 1.54) is 16.0 Å². The molecule has 14 heavy (non-hydrogen) atoms. The average molecular weight is 260 g/mol. The van der Waals surface area contributed by atoms with E-state index in [0.717, 1.165) is 6.07 Å². The summed E-state index contributed by atoms with van der Waals surface area (Å²) in [7, 11) is 0. The molecule has 7 heteroatoms. The van der Waals surface area contributed by atoms with E-state index in [1.807, 2.05) is 0 Å². The van der Waals surface area contributed by atoms with Crippen LogP contribution in [0.2, 0.25) is 0 Å². The molecule has 2 aromatic rings. The van der Waals surface area contributed by atoms with Crippen LogP contribution in [0.5, 0.6) is 0 Å². The quantitative estimate of drug-likeness (QED) is 0.583. The zero-order chi connectivity index (χ0) is 10.3. The van der Waals surface area contributed by atoms with Crippen LogP contribution in [0.3, 0.4) is 0 Å². The smallest absolute Gasteiger partial charge is 0.260 e. The highest BCUT2D eigenvalue weighted by molar-refractivity contribution is 9.08. The third kappa shape index (κ3) is 1.17. The van der Waals surface area contributed by atoms with Crippen LogP contribution < -0.4 is 0 Å². The van der Waals surface area contributed by atoms with Gasteiger partial charge in [-0.05, 0) is 6.07 Å². The van der Waals surface area contributed by atoms with Gasteiger partial charge in [-0.25, -0.2) is 9.37 Å². The van der Waals surface area contributed by atoms with Gasteiger partial charge in [0.25, 0.3) is 5.69 Å². The number of nitro groups is 1. The highest BCUT2D eigenvalue weighted by atomic mass is 79.9. The molecule has 0 aliphatic carbocycles. The van der Waals surface area contributed by atoms with E-state index in [4.69, 9.17) is 0 Å². The van der Waals surface area contributed by atoms with Crippen molar-refractivity contribution in [3.05, 3.63) is 34.4 Å². The maximum Gasteiger partial charge on any atom is 0.300 e. The van der Waals surface area contributed by atoms with Crippen molar-refractivity contribution in [3.8, 4) is 0 Å². The lowest BCUT2D eigenvalue weighted by atomic mass is 10.3. The Balaban J connectivity index is 2.93. The first-order valence-electron chi connectivity index (χ1n) is 3.57. The second kappa shape index (κ2) is 3.02. The Bertz CT molecular complexity index is 525. The predicted octanol–water partition coefficient (Wildman–Crippen LogP) is 2.24. The number of hydrogen-bond donors (Lipinski definition) is 0. The summed E-state index contributed by atoms with van der Waals surface area (Å²) in [6.07, 6.45) is 2.42. The zero-order valence-corrected chi connectivity index (χ0v) is 8.23. The third-order valence-electron chi connectivity index (χ3n) is 1.77. The molecule has 0 atom stereocenters. The Morgan fingerprint density at radius 3 is 3.00 bits per heavy atom. The second-order valence-corrected chi connectivity index (χ2v) is 3.34. The van der Waals surface area contributed by atoms with Crippen LogP contribution in [0.25, 0.3) is 11.0 Å². The van der Waals surface area contributed by atoms with Crippen LogP contribution in [-0.2, 0) is 0 Å². The molecule has 0 unspecified atom stereocenters. The maximum absolute atomic E-state index is 13.2. The Morgan fingerprint density at radius 2 is 2.36 bits per heavy atom. The highest BCUT2D eigenvalue weighted by Gasteiger charge is 2.20. The van der Waals surface area contributed by atoms with Crippen LogP contribution in [0.4, 0.5) is 10.1 Å². The fourth-order valence-electron chi connectivity index (χ4n) is 1.20. The van der Waals surface area contributed by atoms with Crippen molar-refractivity contribution in [2.24, 2.45) is 0 Å². The Morgan fingerprint density at radius 1 is 1.64 bits per heavy atom. The summed E-state index contributed by atoms with van der Waals surface area (Å²) in [5, 5.41) is 10.5. The monoisotopic (exact) mass is 259 g/mol. The zero-order valence-electron chi connectivity index (χ0n) is 6.65. The van der Waals surface area contributed by atoms with Crippen molar-refractivity contribution in [2.45, 2.75) is 0 Å². The molecule has 0 amide bonds. The lowest BCUT2D eigenvalue weighted by molar-refractivity contribution is -0.383. The standard InChI is InChI=1S/C7H3BrFN3O2/c8-11-3-5(12(13)14)6-4(9)1-2-10-7(6)11/h1-3H. The van der Waals surface area contributed by atoms with Crippen molar-refractivity contribution >= 4 is 32.9 Å². The Hall–Kier alpha value is -1.50. The summed E-state index contributed by atoms with van der Waals surface area (Å²) in [4.78, 5) is 13.7. The Kier molecular flexibility index (Phi) is 1.95. The minimum atomic E-state index is -0.653. The molecule has 0 N–H and O–H groups in total. The van der Waals surface area contributed by atoms with E-state index in [-0.39, 0.29) is 16.7 Å². The molecular weight excluding hydrogens is 257 g/mol. The van der Waals surface area contributed by atoms with Crippen molar-refractivity contribution in [1.82, 2.24) is 8.58 Å². The molecule has 2 aromatic heterocycles. The number of nitrogens with zero attached hydrogens (tertiary/aromatic N) is 3. The van der Waals surface area contributed by atoms with Gasteiger partial charge in [-0.2, -0.15) is 0 Å². The van der Waals surface area contributed by atoms with Crippen LogP contribution in [0.1, 0.15) is 0 Å². The second-order valence-electron chi connectivity index (χ2n) is 2.57. The van der Waals surface area contributed by atoms with Crippen LogP contribution in [-0.4, -0.2) is 13.5 Å². The van der Waals surface area contributed by atoms with Gasteiger partial charge < -0.3 is 0 Å².